The molecule has 0 radical (unpaired) electrons. The topological polar surface area (TPSA) is 112 Å². The third-order valence-electron chi connectivity index (χ3n) is 6.87. The van der Waals surface area contributed by atoms with Crippen molar-refractivity contribution in [2.75, 3.05) is 31.1 Å². The van der Waals surface area contributed by atoms with E-state index < -0.39 is 0 Å². The minimum absolute atomic E-state index is 0.0707. The van der Waals surface area contributed by atoms with E-state index in [9.17, 15) is 10.1 Å². The fraction of sp³-hybridized carbons (Fsp3) is 0.385. The molecule has 1 unspecified atom stereocenters. The van der Waals surface area contributed by atoms with Gasteiger partial charge in [-0.25, -0.2) is 9.98 Å². The molecule has 1 atom stereocenters. The first kappa shape index (κ1) is 22.9. The van der Waals surface area contributed by atoms with Crippen molar-refractivity contribution in [3.05, 3.63) is 63.9 Å². The number of aliphatic imine (C=N–C) groups is 1. The average Bonchev–Trinajstić information content (AvgIpc) is 2.88. The monoisotopic (exact) mass is 470 g/mol. The Morgan fingerprint density at radius 1 is 1.23 bits per heavy atom. The van der Waals surface area contributed by atoms with E-state index in [1.54, 1.807) is 6.07 Å². The highest BCUT2D eigenvalue weighted by molar-refractivity contribution is 5.85. The number of nitrogens with zero attached hydrogens (tertiary/aromatic N) is 5. The largest absolute Gasteiger partial charge is 0.338 e. The summed E-state index contributed by atoms with van der Waals surface area (Å²) in [5.74, 6) is 1.43. The summed E-state index contributed by atoms with van der Waals surface area (Å²) in [6, 6.07) is 13.6. The summed E-state index contributed by atoms with van der Waals surface area (Å²) in [7, 11) is 0. The maximum atomic E-state index is 12.6. The van der Waals surface area contributed by atoms with Gasteiger partial charge in [-0.2, -0.15) is 5.26 Å². The Kier molecular flexibility index (Phi) is 6.38. The third-order valence-corrected chi connectivity index (χ3v) is 6.87. The second kappa shape index (κ2) is 9.76. The summed E-state index contributed by atoms with van der Waals surface area (Å²) in [6.45, 7) is 8.03. The van der Waals surface area contributed by atoms with Crippen LogP contribution in [0.25, 0.3) is 10.9 Å². The molecule has 3 N–H and O–H groups in total. The van der Waals surface area contributed by atoms with Gasteiger partial charge in [-0.15, -0.1) is 0 Å². The molecule has 2 aliphatic rings. The molecule has 2 aromatic carbocycles. The van der Waals surface area contributed by atoms with Crippen LogP contribution < -0.4 is 21.1 Å². The summed E-state index contributed by atoms with van der Waals surface area (Å²) < 4.78 is 0. The number of H-pyrrole nitrogens is 1. The van der Waals surface area contributed by atoms with E-state index >= 15 is 0 Å². The Morgan fingerprint density at radius 2 is 2.09 bits per heavy atom. The molecule has 1 saturated heterocycles. The van der Waals surface area contributed by atoms with E-state index in [1.165, 1.54) is 11.1 Å². The Hall–Kier alpha value is -3.90. The zero-order valence-corrected chi connectivity index (χ0v) is 20.1. The average molecular weight is 471 g/mol. The summed E-state index contributed by atoms with van der Waals surface area (Å²) in [6.07, 6.45) is 3.00. The molecule has 1 aromatic heterocycles. The lowest BCUT2D eigenvalue weighted by molar-refractivity contribution is 0.219. The molecular formula is C26H30N8O. The first-order chi connectivity index (χ1) is 17.0. The lowest BCUT2D eigenvalue weighted by Gasteiger charge is -2.44. The summed E-state index contributed by atoms with van der Waals surface area (Å²) >= 11 is 0. The van der Waals surface area contributed by atoms with Crippen molar-refractivity contribution in [3.8, 4) is 6.19 Å². The standard InChI is InChI=1S/C26H30N8O/c1-17(2)23-15-33(26-31-22-8-4-3-7-20(22)24(35)32-26)12-13-34(23)25(29-16-27)30-21-9-5-6-18-14-28-11-10-19(18)21/h3-9,17,23,28H,10-15H2,1-2H3,(H,29,30)(H,31,32,35). The molecule has 0 saturated carbocycles. The van der Waals surface area contributed by atoms with Crippen LogP contribution in [0, 0.1) is 17.4 Å². The Balaban J connectivity index is 1.46. The molecule has 3 heterocycles. The van der Waals surface area contributed by atoms with Crippen LogP contribution >= 0.6 is 0 Å². The van der Waals surface area contributed by atoms with Crippen LogP contribution in [0.2, 0.25) is 0 Å². The van der Waals surface area contributed by atoms with E-state index in [0.29, 0.717) is 42.4 Å². The van der Waals surface area contributed by atoms with Crippen molar-refractivity contribution in [1.29, 1.82) is 5.26 Å². The smallest absolute Gasteiger partial charge is 0.260 e. The van der Waals surface area contributed by atoms with E-state index in [2.05, 4.69) is 51.5 Å². The van der Waals surface area contributed by atoms with Gasteiger partial charge < -0.3 is 15.1 Å². The molecule has 35 heavy (non-hydrogen) atoms. The van der Waals surface area contributed by atoms with Crippen molar-refractivity contribution in [3.63, 3.8) is 0 Å². The van der Waals surface area contributed by atoms with Gasteiger partial charge in [0.2, 0.25) is 11.9 Å². The fourth-order valence-corrected chi connectivity index (χ4v) is 5.00. The van der Waals surface area contributed by atoms with Crippen molar-refractivity contribution in [1.82, 2.24) is 25.5 Å². The number of rotatable bonds is 3. The van der Waals surface area contributed by atoms with Crippen molar-refractivity contribution < 1.29 is 0 Å². The zero-order chi connectivity index (χ0) is 24.4. The molecule has 3 aromatic rings. The Labute approximate surface area is 204 Å². The predicted octanol–water partition coefficient (Wildman–Crippen LogP) is 2.47. The van der Waals surface area contributed by atoms with Crippen LogP contribution in [0.1, 0.15) is 25.0 Å². The Morgan fingerprint density at radius 3 is 2.91 bits per heavy atom. The second-order valence-corrected chi connectivity index (χ2v) is 9.37. The van der Waals surface area contributed by atoms with Crippen LogP contribution in [-0.4, -0.2) is 53.0 Å². The number of aromatic nitrogens is 2. The van der Waals surface area contributed by atoms with E-state index in [0.717, 1.165) is 25.2 Å². The number of aromatic amines is 1. The minimum atomic E-state index is -0.133. The van der Waals surface area contributed by atoms with Crippen molar-refractivity contribution in [2.24, 2.45) is 10.9 Å². The molecule has 0 amide bonds. The highest BCUT2D eigenvalue weighted by Gasteiger charge is 2.33. The summed E-state index contributed by atoms with van der Waals surface area (Å²) in [5, 5.41) is 16.4. The molecule has 0 bridgehead atoms. The normalized spacial score (nSPS) is 18.5. The molecule has 0 spiro atoms. The van der Waals surface area contributed by atoms with E-state index in [-0.39, 0.29) is 17.5 Å². The van der Waals surface area contributed by atoms with E-state index in [4.69, 9.17) is 9.98 Å². The number of fused-ring (bicyclic) bond motifs is 2. The number of nitrogens with one attached hydrogen (secondary N) is 3. The first-order valence-corrected chi connectivity index (χ1v) is 12.1. The molecule has 1 fully saturated rings. The molecule has 0 aliphatic carbocycles. The van der Waals surface area contributed by atoms with Crippen LogP contribution in [0.3, 0.4) is 0 Å². The van der Waals surface area contributed by atoms with Gasteiger partial charge in [0.1, 0.15) is 0 Å². The number of hydrogen-bond acceptors (Lipinski definition) is 6. The zero-order valence-electron chi connectivity index (χ0n) is 20.1. The lowest BCUT2D eigenvalue weighted by atomic mass is 9.99. The van der Waals surface area contributed by atoms with E-state index in [1.807, 2.05) is 30.3 Å². The Bertz CT molecular complexity index is 1360. The van der Waals surface area contributed by atoms with Gasteiger partial charge >= 0.3 is 0 Å². The van der Waals surface area contributed by atoms with Crippen LogP contribution in [-0.2, 0) is 13.0 Å². The van der Waals surface area contributed by atoms with Crippen molar-refractivity contribution >= 4 is 28.5 Å². The highest BCUT2D eigenvalue weighted by Crippen LogP contribution is 2.27. The third kappa shape index (κ3) is 4.57. The maximum Gasteiger partial charge on any atom is 0.260 e. The fourth-order valence-electron chi connectivity index (χ4n) is 5.00. The molecular weight excluding hydrogens is 440 g/mol. The van der Waals surface area contributed by atoms with Crippen molar-refractivity contribution in [2.45, 2.75) is 32.9 Å². The molecule has 5 rings (SSSR count). The highest BCUT2D eigenvalue weighted by atomic mass is 16.1. The van der Waals surface area contributed by atoms with Crippen LogP contribution in [0.5, 0.6) is 0 Å². The minimum Gasteiger partial charge on any atom is -0.338 e. The van der Waals surface area contributed by atoms with Gasteiger partial charge in [-0.05, 0) is 48.2 Å². The number of hydrogen-bond donors (Lipinski definition) is 3. The van der Waals surface area contributed by atoms with Gasteiger partial charge in [0.15, 0.2) is 6.19 Å². The van der Waals surface area contributed by atoms with Gasteiger partial charge in [-0.1, -0.05) is 38.1 Å². The van der Waals surface area contributed by atoms with Gasteiger partial charge in [-0.3, -0.25) is 15.1 Å². The lowest BCUT2D eigenvalue weighted by Crippen LogP contribution is -2.59. The number of para-hydroxylation sites is 1. The number of guanidine groups is 1. The molecule has 9 nitrogen and oxygen atoms in total. The van der Waals surface area contributed by atoms with Gasteiger partial charge in [0, 0.05) is 26.2 Å². The summed E-state index contributed by atoms with van der Waals surface area (Å²) in [5.41, 5.74) is 3.95. The summed E-state index contributed by atoms with van der Waals surface area (Å²) in [4.78, 5) is 29.6. The SMILES string of the molecule is CC(C)C1CN(c2nc3ccccc3c(=O)[nH]2)CCN1C(=Nc1cccc2c1CCNC2)NC#N. The van der Waals surface area contributed by atoms with Crippen LogP contribution in [0.15, 0.2) is 52.3 Å². The number of anilines is 1. The number of nitriles is 1. The molecule has 2 aliphatic heterocycles. The maximum absolute atomic E-state index is 12.6. The van der Waals surface area contributed by atoms with Crippen LogP contribution in [0.4, 0.5) is 11.6 Å². The molecule has 180 valence electrons. The van der Waals surface area contributed by atoms with Gasteiger partial charge in [0.25, 0.3) is 5.56 Å². The predicted molar refractivity (Wildman–Crippen MR) is 138 cm³/mol. The van der Waals surface area contributed by atoms with Gasteiger partial charge in [0.05, 0.1) is 22.6 Å². The quantitative estimate of drug-likeness (QED) is 0.233. The second-order valence-electron chi connectivity index (χ2n) is 9.37. The number of piperazine rings is 1. The molecule has 9 heteroatoms. The number of benzene rings is 2. The first-order valence-electron chi connectivity index (χ1n) is 12.1.